The molecule has 0 aliphatic rings. The molecule has 0 atom stereocenters. The first-order valence-corrected chi connectivity index (χ1v) is 24.6. The van der Waals surface area contributed by atoms with E-state index in [2.05, 4.69) is 26.1 Å². The van der Waals surface area contributed by atoms with E-state index >= 15 is 0 Å². The number of hydrogen-bond acceptors (Lipinski definition) is 6. The SMILES string of the molecule is CCCCCCCCCCCCC=C[N+](CCCCCCCCCCCCCC)(CCC[Si](OC)(OC)OC)CCC[Si](OC)(OC)OC. The molecule has 0 spiro atoms. The minimum Gasteiger partial charge on any atom is -0.377 e. The third-order valence-electron chi connectivity index (χ3n) is 10.6. The Morgan fingerprint density at radius 1 is 0.367 bits per heavy atom. The molecule has 0 aromatic heterocycles. The van der Waals surface area contributed by atoms with Crippen molar-refractivity contribution in [2.45, 2.75) is 186 Å². The average Bonchev–Trinajstić information content (AvgIpc) is 3.13. The third-order valence-corrected chi connectivity index (χ3v) is 16.3. The summed E-state index contributed by atoms with van der Waals surface area (Å²) in [6.07, 6.45) is 38.5. The zero-order chi connectivity index (χ0) is 36.4. The molecular formula is C40H86NO6Si2+. The standard InChI is InChI=1S/C40H86NO6Si2/c1-9-11-13-15-17-19-21-23-25-27-29-31-35-41(37-33-39-48(42-3,43-4)44-5,38-34-40-49(45-6,46-7)47-8)36-32-30-28-26-24-22-20-18-16-14-12-10-2/h31,35H,9-30,32-34,36-40H2,1-8H3/q+1. The van der Waals surface area contributed by atoms with Crippen LogP contribution in [-0.4, -0.2) is 84.4 Å². The fraction of sp³-hybridized carbons (Fsp3) is 0.950. The van der Waals surface area contributed by atoms with Crippen molar-refractivity contribution in [2.75, 3.05) is 62.3 Å². The lowest BCUT2D eigenvalue weighted by atomic mass is 10.0. The van der Waals surface area contributed by atoms with Gasteiger partial charge in [0.15, 0.2) is 0 Å². The molecule has 0 bridgehead atoms. The number of hydrogen-bond donors (Lipinski definition) is 0. The summed E-state index contributed by atoms with van der Waals surface area (Å²) in [6, 6.07) is 1.66. The Morgan fingerprint density at radius 3 is 0.980 bits per heavy atom. The highest BCUT2D eigenvalue weighted by Gasteiger charge is 2.40. The molecule has 7 nitrogen and oxygen atoms in total. The lowest BCUT2D eigenvalue weighted by molar-refractivity contribution is -0.880. The van der Waals surface area contributed by atoms with Crippen LogP contribution in [-0.2, 0) is 26.6 Å². The number of allylic oxidation sites excluding steroid dienone is 1. The molecule has 0 radical (unpaired) electrons. The molecule has 294 valence electrons. The van der Waals surface area contributed by atoms with E-state index in [1.165, 1.54) is 141 Å². The topological polar surface area (TPSA) is 55.4 Å². The van der Waals surface area contributed by atoms with Gasteiger partial charge in [0.2, 0.25) is 0 Å². The van der Waals surface area contributed by atoms with E-state index < -0.39 is 17.6 Å². The second-order valence-electron chi connectivity index (χ2n) is 14.4. The molecule has 0 N–H and O–H groups in total. The summed E-state index contributed by atoms with van der Waals surface area (Å²) in [6.45, 7) is 7.86. The maximum Gasteiger partial charge on any atom is 0.500 e. The second-order valence-corrected chi connectivity index (χ2v) is 20.6. The Bertz CT molecular complexity index is 678. The van der Waals surface area contributed by atoms with Crippen molar-refractivity contribution in [2.24, 2.45) is 0 Å². The predicted octanol–water partition coefficient (Wildman–Crippen LogP) is 11.9. The largest absolute Gasteiger partial charge is 0.500 e. The zero-order valence-electron chi connectivity index (χ0n) is 34.3. The maximum atomic E-state index is 5.80. The molecule has 0 rings (SSSR count). The molecule has 0 saturated carbocycles. The van der Waals surface area contributed by atoms with E-state index in [4.69, 9.17) is 26.6 Å². The minimum atomic E-state index is -2.62. The summed E-state index contributed by atoms with van der Waals surface area (Å²) in [5.74, 6) is 0. The smallest absolute Gasteiger partial charge is 0.377 e. The molecule has 49 heavy (non-hydrogen) atoms. The summed E-state index contributed by atoms with van der Waals surface area (Å²) in [4.78, 5) is 0. The normalized spacial score (nSPS) is 12.9. The van der Waals surface area contributed by atoms with Crippen LogP contribution in [0.2, 0.25) is 12.1 Å². The van der Waals surface area contributed by atoms with Gasteiger partial charge in [-0.15, -0.1) is 0 Å². The van der Waals surface area contributed by atoms with Crippen molar-refractivity contribution in [3.05, 3.63) is 12.3 Å². The average molecular weight is 733 g/mol. The number of quaternary nitrogens is 1. The van der Waals surface area contributed by atoms with E-state index in [0.717, 1.165) is 55.5 Å². The van der Waals surface area contributed by atoms with E-state index in [1.54, 1.807) is 42.7 Å². The van der Waals surface area contributed by atoms with Gasteiger partial charge in [0.25, 0.3) is 0 Å². The highest BCUT2D eigenvalue weighted by molar-refractivity contribution is 6.60. The van der Waals surface area contributed by atoms with E-state index in [9.17, 15) is 0 Å². The molecule has 0 aromatic carbocycles. The van der Waals surface area contributed by atoms with Crippen molar-refractivity contribution in [1.82, 2.24) is 0 Å². The van der Waals surface area contributed by atoms with Crippen molar-refractivity contribution in [1.29, 1.82) is 0 Å². The van der Waals surface area contributed by atoms with Gasteiger partial charge in [-0.1, -0.05) is 136 Å². The van der Waals surface area contributed by atoms with Crippen LogP contribution >= 0.6 is 0 Å². The van der Waals surface area contributed by atoms with Crippen LogP contribution in [0.1, 0.15) is 174 Å². The molecule has 0 aromatic rings. The summed E-state index contributed by atoms with van der Waals surface area (Å²) >= 11 is 0. The highest BCUT2D eigenvalue weighted by atomic mass is 28.4. The van der Waals surface area contributed by atoms with E-state index in [0.29, 0.717) is 0 Å². The maximum absolute atomic E-state index is 5.80. The van der Waals surface area contributed by atoms with Crippen molar-refractivity contribution in [3.8, 4) is 0 Å². The van der Waals surface area contributed by atoms with Gasteiger partial charge in [-0.25, -0.2) is 0 Å². The first-order chi connectivity index (χ1) is 23.9. The van der Waals surface area contributed by atoms with Gasteiger partial charge in [-0.2, -0.15) is 0 Å². The van der Waals surface area contributed by atoms with Gasteiger partial charge in [0, 0.05) is 67.6 Å². The minimum absolute atomic E-state index is 0.828. The van der Waals surface area contributed by atoms with Gasteiger partial charge in [-0.05, 0) is 31.8 Å². The number of nitrogens with zero attached hydrogens (tertiary/aromatic N) is 1. The Kier molecular flexibility index (Phi) is 33.6. The third kappa shape index (κ3) is 24.7. The molecule has 0 aliphatic heterocycles. The van der Waals surface area contributed by atoms with Crippen molar-refractivity contribution in [3.63, 3.8) is 0 Å². The summed E-state index contributed by atoms with van der Waals surface area (Å²) in [5.41, 5.74) is 0. The Balaban J connectivity index is 5.33. The van der Waals surface area contributed by atoms with Crippen LogP contribution in [0.15, 0.2) is 12.3 Å². The van der Waals surface area contributed by atoms with E-state index in [-0.39, 0.29) is 0 Å². The molecule has 0 heterocycles. The Hall–Kier alpha value is -0.106. The zero-order valence-corrected chi connectivity index (χ0v) is 36.3. The van der Waals surface area contributed by atoms with Crippen LogP contribution in [0.4, 0.5) is 0 Å². The first-order valence-electron chi connectivity index (χ1n) is 20.7. The lowest BCUT2D eigenvalue weighted by Crippen LogP contribution is -2.49. The van der Waals surface area contributed by atoms with Gasteiger partial charge >= 0.3 is 17.6 Å². The quantitative estimate of drug-likeness (QED) is 0.0356. The highest BCUT2D eigenvalue weighted by Crippen LogP contribution is 2.24. The molecule has 0 fully saturated rings. The molecule has 0 saturated heterocycles. The molecule has 9 heteroatoms. The van der Waals surface area contributed by atoms with Gasteiger partial charge in [-0.3, -0.25) is 4.48 Å². The lowest BCUT2D eigenvalue weighted by Gasteiger charge is -2.37. The number of rotatable bonds is 39. The van der Waals surface area contributed by atoms with Crippen LogP contribution in [0.3, 0.4) is 0 Å². The second kappa shape index (κ2) is 33.7. The predicted molar refractivity (Wildman–Crippen MR) is 214 cm³/mol. The van der Waals surface area contributed by atoms with Crippen LogP contribution < -0.4 is 0 Å². The molecule has 0 amide bonds. The fourth-order valence-electron chi connectivity index (χ4n) is 7.21. The Morgan fingerprint density at radius 2 is 0.653 bits per heavy atom. The number of unbranched alkanes of at least 4 members (excludes halogenated alkanes) is 21. The van der Waals surface area contributed by atoms with Crippen LogP contribution in [0.25, 0.3) is 0 Å². The van der Waals surface area contributed by atoms with Crippen LogP contribution in [0.5, 0.6) is 0 Å². The molecule has 0 aliphatic carbocycles. The fourth-order valence-corrected chi connectivity index (χ4v) is 10.6. The van der Waals surface area contributed by atoms with Crippen LogP contribution in [0, 0.1) is 0 Å². The van der Waals surface area contributed by atoms with Gasteiger partial charge < -0.3 is 26.6 Å². The van der Waals surface area contributed by atoms with Crippen molar-refractivity contribution >= 4 is 17.6 Å². The molecular weight excluding hydrogens is 647 g/mol. The molecule has 0 unspecified atom stereocenters. The summed E-state index contributed by atoms with van der Waals surface area (Å²) in [7, 11) is 5.12. The van der Waals surface area contributed by atoms with E-state index in [1.807, 2.05) is 0 Å². The summed E-state index contributed by atoms with van der Waals surface area (Å²) in [5, 5.41) is 0. The Labute approximate surface area is 308 Å². The van der Waals surface area contributed by atoms with Crippen molar-refractivity contribution < 1.29 is 31.0 Å². The monoisotopic (exact) mass is 733 g/mol. The van der Waals surface area contributed by atoms with Gasteiger partial charge in [0.05, 0.1) is 25.8 Å². The summed E-state index contributed by atoms with van der Waals surface area (Å²) < 4.78 is 35.8. The van der Waals surface area contributed by atoms with Gasteiger partial charge in [0.1, 0.15) is 0 Å². The first kappa shape index (κ1) is 48.9.